The molecule has 0 aromatic rings. The van der Waals surface area contributed by atoms with Gasteiger partial charge in [-0.05, 0) is 26.0 Å². The van der Waals surface area contributed by atoms with E-state index >= 15 is 0 Å². The van der Waals surface area contributed by atoms with E-state index in [-0.39, 0.29) is 0 Å². The molecular weight excluding hydrogens is 252 g/mol. The van der Waals surface area contributed by atoms with Crippen LogP contribution in [0, 0.1) is 0 Å². The Bertz CT molecular complexity index is 377. The predicted molar refractivity (Wildman–Crippen MR) is 64.1 cm³/mol. The summed E-state index contributed by atoms with van der Waals surface area (Å²) in [5.41, 5.74) is 0. The van der Waals surface area contributed by atoms with Crippen LogP contribution in [-0.4, -0.2) is 42.1 Å². The summed E-state index contributed by atoms with van der Waals surface area (Å²) in [4.78, 5) is 22.2. The Kier molecular flexibility index (Phi) is 3.64. The summed E-state index contributed by atoms with van der Waals surface area (Å²) in [5.74, 6) is -1.60. The van der Waals surface area contributed by atoms with Crippen LogP contribution >= 0.6 is 0 Å². The van der Waals surface area contributed by atoms with Gasteiger partial charge in [0.15, 0.2) is 5.79 Å². The van der Waals surface area contributed by atoms with Gasteiger partial charge in [0.25, 0.3) is 0 Å². The molecule has 0 aromatic heterocycles. The van der Waals surface area contributed by atoms with Crippen LogP contribution in [-0.2, 0) is 28.5 Å². The Morgan fingerprint density at radius 1 is 0.947 bits per heavy atom. The molecule has 0 amide bonds. The van der Waals surface area contributed by atoms with Crippen molar-refractivity contribution in [1.82, 2.24) is 0 Å². The smallest absolute Gasteiger partial charge is 0.303 e. The van der Waals surface area contributed by atoms with E-state index in [0.717, 1.165) is 0 Å². The highest BCUT2D eigenvalue weighted by molar-refractivity contribution is 5.67. The van der Waals surface area contributed by atoms with Gasteiger partial charge >= 0.3 is 11.9 Å². The van der Waals surface area contributed by atoms with Crippen molar-refractivity contribution in [2.75, 3.05) is 0 Å². The molecule has 1 saturated heterocycles. The third-order valence-electron chi connectivity index (χ3n) is 2.91. The van der Waals surface area contributed by atoms with Gasteiger partial charge in [0.1, 0.15) is 24.4 Å². The molecule has 0 bridgehead atoms. The maximum atomic E-state index is 11.1. The first-order chi connectivity index (χ1) is 8.78. The highest BCUT2D eigenvalue weighted by Gasteiger charge is 2.51. The van der Waals surface area contributed by atoms with E-state index in [1.165, 1.54) is 13.8 Å². The number of carbonyl (C=O) groups is 2. The molecule has 1 aliphatic heterocycles. The molecule has 19 heavy (non-hydrogen) atoms. The zero-order chi connectivity index (χ0) is 14.2. The lowest BCUT2D eigenvalue weighted by Gasteiger charge is -2.31. The van der Waals surface area contributed by atoms with Crippen molar-refractivity contribution in [2.24, 2.45) is 0 Å². The first-order valence-electron chi connectivity index (χ1n) is 6.17. The molecule has 4 atom stereocenters. The summed E-state index contributed by atoms with van der Waals surface area (Å²) in [6, 6.07) is 0. The van der Waals surface area contributed by atoms with Crippen molar-refractivity contribution >= 4 is 11.9 Å². The molecule has 1 heterocycles. The van der Waals surface area contributed by atoms with E-state index in [0.29, 0.717) is 0 Å². The van der Waals surface area contributed by atoms with Gasteiger partial charge in [0.05, 0.1) is 0 Å². The first kappa shape index (κ1) is 14.0. The third kappa shape index (κ3) is 3.13. The third-order valence-corrected chi connectivity index (χ3v) is 2.91. The number of esters is 2. The molecule has 0 unspecified atom stereocenters. The summed E-state index contributed by atoms with van der Waals surface area (Å²) in [6.07, 6.45) is 1.32. The van der Waals surface area contributed by atoms with Gasteiger partial charge < -0.3 is 18.9 Å². The van der Waals surface area contributed by atoms with Crippen molar-refractivity contribution in [3.8, 4) is 0 Å². The molecule has 1 aliphatic carbocycles. The van der Waals surface area contributed by atoms with Gasteiger partial charge in [-0.1, -0.05) is 0 Å². The number of rotatable bonds is 2. The second kappa shape index (κ2) is 4.94. The van der Waals surface area contributed by atoms with Crippen LogP contribution in [0.3, 0.4) is 0 Å². The highest BCUT2D eigenvalue weighted by Crippen LogP contribution is 2.36. The van der Waals surface area contributed by atoms with Crippen LogP contribution in [0.15, 0.2) is 12.2 Å². The van der Waals surface area contributed by atoms with E-state index in [9.17, 15) is 9.59 Å². The molecule has 6 heteroatoms. The van der Waals surface area contributed by atoms with Crippen LogP contribution < -0.4 is 0 Å². The highest BCUT2D eigenvalue weighted by atomic mass is 16.8. The maximum absolute atomic E-state index is 11.1. The Labute approximate surface area is 111 Å². The standard InChI is InChI=1S/C13H18O6/c1-7(14)16-9-5-6-10(17-8(2)15)12-11(9)18-13(3,4)19-12/h5-6,9-12H,1-4H3/t9-,10+,11-,12+. The Balaban J connectivity index is 2.20. The molecule has 2 aliphatic rings. The van der Waals surface area contributed by atoms with Gasteiger partial charge in [-0.3, -0.25) is 9.59 Å². The van der Waals surface area contributed by atoms with E-state index in [4.69, 9.17) is 18.9 Å². The summed E-state index contributed by atoms with van der Waals surface area (Å²) in [7, 11) is 0. The second-order valence-electron chi connectivity index (χ2n) is 5.10. The number of fused-ring (bicyclic) bond motifs is 1. The predicted octanol–water partition coefficient (Wildman–Crippen LogP) is 0.940. The van der Waals surface area contributed by atoms with E-state index in [1.807, 2.05) is 0 Å². The summed E-state index contributed by atoms with van der Waals surface area (Å²) >= 11 is 0. The number of carbonyl (C=O) groups excluding carboxylic acids is 2. The van der Waals surface area contributed by atoms with Crippen molar-refractivity contribution in [3.05, 3.63) is 12.2 Å². The number of hydrogen-bond acceptors (Lipinski definition) is 6. The van der Waals surface area contributed by atoms with Crippen molar-refractivity contribution < 1.29 is 28.5 Å². The molecule has 6 nitrogen and oxygen atoms in total. The molecule has 106 valence electrons. The van der Waals surface area contributed by atoms with Crippen LogP contribution in [0.5, 0.6) is 0 Å². The number of hydrogen-bond donors (Lipinski definition) is 0. The molecule has 0 spiro atoms. The molecular formula is C13H18O6. The average Bonchev–Trinajstić information content (AvgIpc) is 2.57. The SMILES string of the molecule is CC(=O)O[C@H]1C=C[C@@H](OC(C)=O)[C@H]2OC(C)(C)O[C@H]21. The minimum atomic E-state index is -0.807. The lowest BCUT2D eigenvalue weighted by molar-refractivity contribution is -0.167. The van der Waals surface area contributed by atoms with Crippen LogP contribution in [0.2, 0.25) is 0 Å². The average molecular weight is 270 g/mol. The van der Waals surface area contributed by atoms with Crippen molar-refractivity contribution in [1.29, 1.82) is 0 Å². The second-order valence-corrected chi connectivity index (χ2v) is 5.10. The maximum Gasteiger partial charge on any atom is 0.303 e. The molecule has 0 aromatic carbocycles. The minimum absolute atomic E-state index is 0.396. The summed E-state index contributed by atoms with van der Waals surface area (Å²) in [5, 5.41) is 0. The lowest BCUT2D eigenvalue weighted by Crippen LogP contribution is -2.47. The van der Waals surface area contributed by atoms with E-state index < -0.39 is 42.1 Å². The van der Waals surface area contributed by atoms with Gasteiger partial charge in [0.2, 0.25) is 0 Å². The fourth-order valence-electron chi connectivity index (χ4n) is 2.36. The molecule has 1 fully saturated rings. The van der Waals surface area contributed by atoms with Crippen LogP contribution in [0.4, 0.5) is 0 Å². The molecule has 0 radical (unpaired) electrons. The van der Waals surface area contributed by atoms with Gasteiger partial charge in [-0.15, -0.1) is 0 Å². The van der Waals surface area contributed by atoms with Crippen LogP contribution in [0.1, 0.15) is 27.7 Å². The molecule has 0 N–H and O–H groups in total. The molecule has 0 saturated carbocycles. The van der Waals surface area contributed by atoms with E-state index in [2.05, 4.69) is 0 Å². The number of ether oxygens (including phenoxy) is 4. The monoisotopic (exact) mass is 270 g/mol. The Morgan fingerprint density at radius 3 is 1.63 bits per heavy atom. The van der Waals surface area contributed by atoms with Crippen LogP contribution in [0.25, 0.3) is 0 Å². The fourth-order valence-corrected chi connectivity index (χ4v) is 2.36. The quantitative estimate of drug-likeness (QED) is 0.549. The molecule has 2 rings (SSSR count). The first-order valence-corrected chi connectivity index (χ1v) is 6.17. The normalized spacial score (nSPS) is 35.6. The summed E-state index contributed by atoms with van der Waals surface area (Å²) < 4.78 is 21.8. The van der Waals surface area contributed by atoms with Gasteiger partial charge in [-0.25, -0.2) is 0 Å². The Hall–Kier alpha value is -1.40. The van der Waals surface area contributed by atoms with Crippen molar-refractivity contribution in [3.63, 3.8) is 0 Å². The largest absolute Gasteiger partial charge is 0.455 e. The van der Waals surface area contributed by atoms with E-state index in [1.54, 1.807) is 26.0 Å². The minimum Gasteiger partial charge on any atom is -0.455 e. The van der Waals surface area contributed by atoms with Gasteiger partial charge in [-0.2, -0.15) is 0 Å². The lowest BCUT2D eigenvalue weighted by atomic mass is 9.96. The van der Waals surface area contributed by atoms with Gasteiger partial charge in [0, 0.05) is 13.8 Å². The van der Waals surface area contributed by atoms with Crippen molar-refractivity contribution in [2.45, 2.75) is 57.9 Å². The zero-order valence-corrected chi connectivity index (χ0v) is 11.4. The fraction of sp³-hybridized carbons (Fsp3) is 0.692. The topological polar surface area (TPSA) is 71.1 Å². The summed E-state index contributed by atoms with van der Waals surface area (Å²) in [6.45, 7) is 6.20. The Morgan fingerprint density at radius 2 is 1.32 bits per heavy atom. The zero-order valence-electron chi connectivity index (χ0n) is 11.4.